The van der Waals surface area contributed by atoms with Gasteiger partial charge in [-0.05, 0) is 49.1 Å². The van der Waals surface area contributed by atoms with Crippen molar-refractivity contribution in [1.29, 1.82) is 0 Å². The molecule has 0 unspecified atom stereocenters. The quantitative estimate of drug-likeness (QED) is 0.488. The zero-order valence-corrected chi connectivity index (χ0v) is 17.8. The van der Waals surface area contributed by atoms with Gasteiger partial charge in [-0.3, -0.25) is 19.1 Å². The Balaban J connectivity index is 1.32. The third-order valence-corrected chi connectivity index (χ3v) is 6.00. The second kappa shape index (κ2) is 8.33. The van der Waals surface area contributed by atoms with Crippen LogP contribution in [0.1, 0.15) is 12.8 Å². The van der Waals surface area contributed by atoms with Crippen LogP contribution >= 0.6 is 0 Å². The minimum Gasteiger partial charge on any atom is -0.342 e. The van der Waals surface area contributed by atoms with E-state index in [0.29, 0.717) is 29.4 Å². The molecule has 1 saturated heterocycles. The highest BCUT2D eigenvalue weighted by Crippen LogP contribution is 2.23. The maximum atomic E-state index is 12.7. The Kier molecular flexibility index (Phi) is 5.22. The maximum Gasteiger partial charge on any atom is 0.266 e. The molecule has 5 rings (SSSR count). The monoisotopic (exact) mass is 429 g/mol. The molecule has 0 bridgehead atoms. The second-order valence-electron chi connectivity index (χ2n) is 8.06. The largest absolute Gasteiger partial charge is 0.342 e. The first-order valence-corrected chi connectivity index (χ1v) is 10.7. The average Bonchev–Trinajstić information content (AvgIpc) is 2.84. The van der Waals surface area contributed by atoms with E-state index in [-0.39, 0.29) is 11.1 Å². The molecule has 0 spiro atoms. The highest BCUT2D eigenvalue weighted by molar-refractivity contribution is 5.74. The summed E-state index contributed by atoms with van der Waals surface area (Å²) in [5, 5.41) is 5.09. The number of aromatic nitrogens is 6. The van der Waals surface area contributed by atoms with Crippen LogP contribution in [0, 0.1) is 5.92 Å². The van der Waals surface area contributed by atoms with Crippen molar-refractivity contribution in [2.45, 2.75) is 19.4 Å². The number of hydrogen-bond acceptors (Lipinski definition) is 7. The van der Waals surface area contributed by atoms with Crippen LogP contribution in [0.5, 0.6) is 0 Å². The minimum atomic E-state index is -0.102. The van der Waals surface area contributed by atoms with Gasteiger partial charge in [-0.2, -0.15) is 10.1 Å². The van der Waals surface area contributed by atoms with Crippen molar-refractivity contribution in [3.05, 3.63) is 75.7 Å². The van der Waals surface area contributed by atoms with Crippen LogP contribution in [0.4, 0.5) is 5.95 Å². The maximum absolute atomic E-state index is 12.7. The summed E-state index contributed by atoms with van der Waals surface area (Å²) in [7, 11) is 1.75. The molecule has 0 N–H and O–H groups in total. The van der Waals surface area contributed by atoms with Gasteiger partial charge < -0.3 is 4.90 Å². The molecule has 32 heavy (non-hydrogen) atoms. The van der Waals surface area contributed by atoms with Crippen molar-refractivity contribution >= 4 is 17.0 Å². The van der Waals surface area contributed by atoms with Gasteiger partial charge in [0.25, 0.3) is 11.1 Å². The molecule has 9 nitrogen and oxygen atoms in total. The van der Waals surface area contributed by atoms with Crippen LogP contribution in [0.3, 0.4) is 0 Å². The molecule has 0 amide bonds. The second-order valence-corrected chi connectivity index (χ2v) is 8.06. The van der Waals surface area contributed by atoms with Gasteiger partial charge in [-0.25, -0.2) is 9.67 Å². The number of anilines is 1. The normalized spacial score (nSPS) is 14.7. The summed E-state index contributed by atoms with van der Waals surface area (Å²) in [5.74, 6) is 0.953. The van der Waals surface area contributed by atoms with Crippen molar-refractivity contribution in [1.82, 2.24) is 29.3 Å². The van der Waals surface area contributed by atoms with E-state index >= 15 is 0 Å². The van der Waals surface area contributed by atoms with Crippen LogP contribution in [0.25, 0.3) is 22.3 Å². The molecular formula is C23H23N7O2. The topological polar surface area (TPSA) is 98.8 Å². The number of hydrogen-bond donors (Lipinski definition) is 0. The van der Waals surface area contributed by atoms with Crippen molar-refractivity contribution in [2.75, 3.05) is 18.0 Å². The average molecular weight is 429 g/mol. The van der Waals surface area contributed by atoms with Crippen molar-refractivity contribution < 1.29 is 0 Å². The SMILES string of the molecule is Cn1c(N2CCC(Cn3nc(-c4ccncc4)ccc3=O)CC2)nc2ncccc2c1=O. The molecule has 0 saturated carbocycles. The molecule has 162 valence electrons. The Morgan fingerprint density at radius 2 is 1.78 bits per heavy atom. The van der Waals surface area contributed by atoms with Gasteiger partial charge in [0.05, 0.1) is 11.1 Å². The first-order chi connectivity index (χ1) is 15.6. The lowest BCUT2D eigenvalue weighted by molar-refractivity contribution is 0.333. The summed E-state index contributed by atoms with van der Waals surface area (Å²) >= 11 is 0. The molecule has 4 aromatic rings. The number of pyridine rings is 2. The van der Waals surface area contributed by atoms with E-state index in [1.54, 1.807) is 59.2 Å². The zero-order valence-electron chi connectivity index (χ0n) is 17.8. The van der Waals surface area contributed by atoms with Crippen molar-refractivity contribution in [3.63, 3.8) is 0 Å². The molecule has 0 aromatic carbocycles. The summed E-state index contributed by atoms with van der Waals surface area (Å²) < 4.78 is 3.15. The van der Waals surface area contributed by atoms with E-state index in [1.807, 2.05) is 12.1 Å². The highest BCUT2D eigenvalue weighted by Gasteiger charge is 2.24. The zero-order chi connectivity index (χ0) is 22.1. The minimum absolute atomic E-state index is 0.0936. The number of piperidine rings is 1. The molecule has 0 atom stereocenters. The predicted octanol–water partition coefficient (Wildman–Crippen LogP) is 1.86. The van der Waals surface area contributed by atoms with E-state index < -0.39 is 0 Å². The molecule has 1 aliphatic rings. The van der Waals surface area contributed by atoms with Crippen LogP contribution < -0.4 is 16.0 Å². The Morgan fingerprint density at radius 3 is 2.56 bits per heavy atom. The third-order valence-electron chi connectivity index (χ3n) is 6.00. The van der Waals surface area contributed by atoms with Gasteiger partial charge in [-0.1, -0.05) is 0 Å². The molecule has 0 radical (unpaired) electrons. The highest BCUT2D eigenvalue weighted by atomic mass is 16.1. The first kappa shape index (κ1) is 20.0. The Labute approximate surface area is 184 Å². The van der Waals surface area contributed by atoms with Crippen LogP contribution in [-0.2, 0) is 13.6 Å². The Bertz CT molecular complexity index is 1370. The standard InChI is InChI=1S/C23H23N7O2/c1-28-22(32)18-3-2-10-25-21(18)26-23(28)29-13-8-16(9-14-29)15-30-20(31)5-4-19(27-30)17-6-11-24-12-7-17/h2-7,10-12,16H,8-9,13-15H2,1H3. The lowest BCUT2D eigenvalue weighted by Gasteiger charge is -2.33. The van der Waals surface area contributed by atoms with E-state index in [9.17, 15) is 9.59 Å². The van der Waals surface area contributed by atoms with Crippen LogP contribution in [-0.4, -0.2) is 42.4 Å². The van der Waals surface area contributed by atoms with Gasteiger partial charge in [0.15, 0.2) is 5.65 Å². The molecule has 4 aromatic heterocycles. The smallest absolute Gasteiger partial charge is 0.266 e. The summed E-state index contributed by atoms with van der Waals surface area (Å²) in [5.41, 5.74) is 1.96. The van der Waals surface area contributed by atoms with Gasteiger partial charge in [0.2, 0.25) is 5.95 Å². The third kappa shape index (κ3) is 3.77. The van der Waals surface area contributed by atoms with Gasteiger partial charge >= 0.3 is 0 Å². The number of rotatable bonds is 4. The molecule has 1 aliphatic heterocycles. The van der Waals surface area contributed by atoms with E-state index in [0.717, 1.165) is 37.2 Å². The lowest BCUT2D eigenvalue weighted by atomic mass is 9.97. The summed E-state index contributed by atoms with van der Waals surface area (Å²) in [6.45, 7) is 2.07. The van der Waals surface area contributed by atoms with Gasteiger partial charge in [0, 0.05) is 56.9 Å². The van der Waals surface area contributed by atoms with Crippen LogP contribution in [0.2, 0.25) is 0 Å². The molecular weight excluding hydrogens is 406 g/mol. The van der Waals surface area contributed by atoms with E-state index in [1.165, 1.54) is 0 Å². The molecule has 9 heteroatoms. The number of nitrogens with zero attached hydrogens (tertiary/aromatic N) is 7. The fourth-order valence-corrected chi connectivity index (χ4v) is 4.19. The van der Waals surface area contributed by atoms with E-state index in [2.05, 4.69) is 25.0 Å². The van der Waals surface area contributed by atoms with E-state index in [4.69, 9.17) is 0 Å². The molecule has 1 fully saturated rings. The summed E-state index contributed by atoms with van der Waals surface area (Å²) in [4.78, 5) is 40.1. The summed E-state index contributed by atoms with van der Waals surface area (Å²) in [6.07, 6.45) is 6.83. The lowest BCUT2D eigenvalue weighted by Crippen LogP contribution is -2.40. The fraction of sp³-hybridized carbons (Fsp3) is 0.304. The first-order valence-electron chi connectivity index (χ1n) is 10.7. The number of fused-ring (bicyclic) bond motifs is 1. The van der Waals surface area contributed by atoms with Gasteiger partial charge in [0.1, 0.15) is 0 Å². The van der Waals surface area contributed by atoms with Gasteiger partial charge in [-0.15, -0.1) is 0 Å². The fourth-order valence-electron chi connectivity index (χ4n) is 4.19. The van der Waals surface area contributed by atoms with Crippen LogP contribution in [0.15, 0.2) is 64.6 Å². The predicted molar refractivity (Wildman–Crippen MR) is 121 cm³/mol. The Morgan fingerprint density at radius 1 is 1.00 bits per heavy atom. The van der Waals surface area contributed by atoms with Crippen molar-refractivity contribution in [2.24, 2.45) is 13.0 Å². The molecule has 5 heterocycles. The molecule has 0 aliphatic carbocycles. The van der Waals surface area contributed by atoms with Crippen molar-refractivity contribution in [3.8, 4) is 11.3 Å². The Hall–Kier alpha value is -3.88. The summed E-state index contributed by atoms with van der Waals surface area (Å²) in [6, 6.07) is 10.6.